The molecule has 21 heavy (non-hydrogen) atoms. The highest BCUT2D eigenvalue weighted by molar-refractivity contribution is 5.90. The highest BCUT2D eigenvalue weighted by Gasteiger charge is 2.77. The van der Waals surface area contributed by atoms with Crippen molar-refractivity contribution in [1.82, 2.24) is 0 Å². The van der Waals surface area contributed by atoms with Gasteiger partial charge in [-0.1, -0.05) is 27.7 Å². The van der Waals surface area contributed by atoms with Gasteiger partial charge in [0.1, 0.15) is 12.1 Å². The zero-order chi connectivity index (χ0) is 15.5. The largest absolute Gasteiger partial charge is 0.303 e. The lowest BCUT2D eigenvalue weighted by Crippen LogP contribution is -2.49. The summed E-state index contributed by atoms with van der Waals surface area (Å²) in [7, 11) is 0. The van der Waals surface area contributed by atoms with E-state index in [2.05, 4.69) is 27.7 Å². The van der Waals surface area contributed by atoms with Crippen molar-refractivity contribution in [3.8, 4) is 0 Å². The van der Waals surface area contributed by atoms with Crippen LogP contribution in [0.5, 0.6) is 0 Å². The summed E-state index contributed by atoms with van der Waals surface area (Å²) in [6.07, 6.45) is 9.08. The van der Waals surface area contributed by atoms with E-state index < -0.39 is 0 Å². The fourth-order valence-corrected chi connectivity index (χ4v) is 7.33. The SMILES string of the molecule is CC1(C)C[C@@]2(C)CCC(=O)[C@@]23[C@@H]1CC[C@]3(C)CCCC=O. The van der Waals surface area contributed by atoms with Crippen LogP contribution in [0.4, 0.5) is 0 Å². The Morgan fingerprint density at radius 2 is 1.90 bits per heavy atom. The number of Topliss-reactive ketones (excluding diaryl/α,β-unsaturated/α-hetero) is 1. The maximum atomic E-state index is 13.1. The normalized spacial score (nSPS) is 47.4. The number of hydrogen-bond donors (Lipinski definition) is 0. The van der Waals surface area contributed by atoms with Crippen molar-refractivity contribution in [3.63, 3.8) is 0 Å². The standard InChI is InChI=1S/C19H30O2/c1-16(2)13-18(4)11-8-15(21)19(18)14(16)7-10-17(19,3)9-5-6-12-20/h12,14H,5-11,13H2,1-4H3/t14-,17+,18-,19-/m1/s1. The molecule has 0 saturated heterocycles. The number of hydrogen-bond acceptors (Lipinski definition) is 2. The molecule has 2 nitrogen and oxygen atoms in total. The summed E-state index contributed by atoms with van der Waals surface area (Å²) in [5.74, 6) is 1.10. The first-order valence-electron chi connectivity index (χ1n) is 8.70. The van der Waals surface area contributed by atoms with Gasteiger partial charge in [-0.15, -0.1) is 0 Å². The van der Waals surface area contributed by atoms with E-state index in [1.807, 2.05) is 0 Å². The van der Waals surface area contributed by atoms with Gasteiger partial charge in [-0.25, -0.2) is 0 Å². The van der Waals surface area contributed by atoms with Crippen molar-refractivity contribution in [2.45, 2.75) is 79.1 Å². The highest BCUT2D eigenvalue weighted by atomic mass is 16.1. The second kappa shape index (κ2) is 4.43. The molecule has 3 fully saturated rings. The van der Waals surface area contributed by atoms with E-state index in [1.54, 1.807) is 0 Å². The third-order valence-electron chi connectivity index (χ3n) is 7.59. The van der Waals surface area contributed by atoms with Gasteiger partial charge in [-0.05, 0) is 60.7 Å². The van der Waals surface area contributed by atoms with Crippen molar-refractivity contribution in [1.29, 1.82) is 0 Å². The van der Waals surface area contributed by atoms with E-state index in [4.69, 9.17) is 0 Å². The first-order valence-corrected chi connectivity index (χ1v) is 8.70. The maximum Gasteiger partial charge on any atom is 0.140 e. The molecule has 3 aliphatic rings. The smallest absolute Gasteiger partial charge is 0.140 e. The van der Waals surface area contributed by atoms with Crippen molar-refractivity contribution in [3.05, 3.63) is 0 Å². The molecule has 0 radical (unpaired) electrons. The van der Waals surface area contributed by atoms with Crippen LogP contribution in [0.2, 0.25) is 0 Å². The van der Waals surface area contributed by atoms with E-state index >= 15 is 0 Å². The van der Waals surface area contributed by atoms with Gasteiger partial charge in [0.2, 0.25) is 0 Å². The predicted octanol–water partition coefficient (Wildman–Crippen LogP) is 4.56. The molecule has 3 rings (SSSR count). The minimum atomic E-state index is -0.105. The average molecular weight is 290 g/mol. The van der Waals surface area contributed by atoms with E-state index in [1.165, 1.54) is 19.3 Å². The van der Waals surface area contributed by atoms with E-state index in [-0.39, 0.29) is 21.7 Å². The molecule has 2 heteroatoms. The van der Waals surface area contributed by atoms with Crippen LogP contribution in [-0.2, 0) is 9.59 Å². The van der Waals surface area contributed by atoms with Crippen LogP contribution in [0.1, 0.15) is 79.1 Å². The Hall–Kier alpha value is -0.660. The van der Waals surface area contributed by atoms with Crippen molar-refractivity contribution in [2.75, 3.05) is 0 Å². The van der Waals surface area contributed by atoms with Crippen LogP contribution in [0.15, 0.2) is 0 Å². The van der Waals surface area contributed by atoms with Gasteiger partial charge in [0, 0.05) is 18.3 Å². The Labute approximate surface area is 129 Å². The van der Waals surface area contributed by atoms with Crippen LogP contribution in [0, 0.1) is 27.6 Å². The summed E-state index contributed by atoms with van der Waals surface area (Å²) in [6, 6.07) is 0. The molecule has 3 saturated carbocycles. The topological polar surface area (TPSA) is 34.1 Å². The lowest BCUT2D eigenvalue weighted by molar-refractivity contribution is -0.140. The molecule has 0 amide bonds. The Balaban J connectivity index is 2.06. The summed E-state index contributed by atoms with van der Waals surface area (Å²) in [5, 5.41) is 0. The molecular formula is C19H30O2. The van der Waals surface area contributed by atoms with Gasteiger partial charge < -0.3 is 4.79 Å². The molecule has 0 aromatic rings. The molecule has 118 valence electrons. The maximum absolute atomic E-state index is 13.1. The lowest BCUT2D eigenvalue weighted by Gasteiger charge is -2.49. The Kier molecular flexibility index (Phi) is 3.21. The molecule has 1 spiro atoms. The first kappa shape index (κ1) is 15.2. The summed E-state index contributed by atoms with van der Waals surface area (Å²) in [4.78, 5) is 23.8. The summed E-state index contributed by atoms with van der Waals surface area (Å²) >= 11 is 0. The molecule has 0 N–H and O–H groups in total. The van der Waals surface area contributed by atoms with E-state index in [9.17, 15) is 9.59 Å². The molecule has 0 heterocycles. The van der Waals surface area contributed by atoms with Crippen LogP contribution >= 0.6 is 0 Å². The number of aldehydes is 1. The zero-order valence-electron chi connectivity index (χ0n) is 14.1. The van der Waals surface area contributed by atoms with E-state index in [0.717, 1.165) is 32.0 Å². The minimum Gasteiger partial charge on any atom is -0.303 e. The minimum absolute atomic E-state index is 0.105. The Morgan fingerprint density at radius 1 is 1.19 bits per heavy atom. The third-order valence-corrected chi connectivity index (χ3v) is 7.59. The molecule has 0 bridgehead atoms. The molecule has 3 aliphatic carbocycles. The second-order valence-electron chi connectivity index (χ2n) is 9.17. The first-order chi connectivity index (χ1) is 9.73. The van der Waals surface area contributed by atoms with Crippen LogP contribution in [0.25, 0.3) is 0 Å². The summed E-state index contributed by atoms with van der Waals surface area (Å²) < 4.78 is 0. The van der Waals surface area contributed by atoms with Crippen molar-refractivity contribution >= 4 is 12.1 Å². The van der Waals surface area contributed by atoms with Crippen LogP contribution in [0.3, 0.4) is 0 Å². The lowest BCUT2D eigenvalue weighted by atomic mass is 9.53. The van der Waals surface area contributed by atoms with Gasteiger partial charge in [0.15, 0.2) is 0 Å². The molecule has 0 aromatic carbocycles. The van der Waals surface area contributed by atoms with Gasteiger partial charge >= 0.3 is 0 Å². The highest BCUT2D eigenvalue weighted by Crippen LogP contribution is 2.80. The molecule has 0 aromatic heterocycles. The molecule has 0 aliphatic heterocycles. The number of unbranched alkanes of at least 4 members (excludes halogenated alkanes) is 1. The van der Waals surface area contributed by atoms with Crippen molar-refractivity contribution < 1.29 is 9.59 Å². The quantitative estimate of drug-likeness (QED) is 0.562. The number of carbonyl (C=O) groups is 2. The van der Waals surface area contributed by atoms with Gasteiger partial charge in [-0.3, -0.25) is 4.79 Å². The second-order valence-corrected chi connectivity index (χ2v) is 9.17. The molecule has 0 unspecified atom stereocenters. The Morgan fingerprint density at radius 3 is 2.57 bits per heavy atom. The molecule has 4 atom stereocenters. The van der Waals surface area contributed by atoms with Crippen LogP contribution < -0.4 is 0 Å². The van der Waals surface area contributed by atoms with E-state index in [0.29, 0.717) is 18.1 Å². The fraction of sp³-hybridized carbons (Fsp3) is 0.895. The van der Waals surface area contributed by atoms with Gasteiger partial charge in [-0.2, -0.15) is 0 Å². The van der Waals surface area contributed by atoms with Crippen molar-refractivity contribution in [2.24, 2.45) is 27.6 Å². The fourth-order valence-electron chi connectivity index (χ4n) is 7.33. The zero-order valence-corrected chi connectivity index (χ0v) is 14.1. The number of rotatable bonds is 4. The summed E-state index contributed by atoms with van der Waals surface area (Å²) in [5.41, 5.74) is 0.473. The van der Waals surface area contributed by atoms with Crippen LogP contribution in [-0.4, -0.2) is 12.1 Å². The van der Waals surface area contributed by atoms with Gasteiger partial charge in [0.05, 0.1) is 0 Å². The number of carbonyl (C=O) groups excluding carboxylic acids is 2. The monoisotopic (exact) mass is 290 g/mol. The average Bonchev–Trinajstić information content (AvgIpc) is 2.89. The summed E-state index contributed by atoms with van der Waals surface area (Å²) in [6.45, 7) is 9.52. The number of ketones is 1. The van der Waals surface area contributed by atoms with Gasteiger partial charge in [0.25, 0.3) is 0 Å². The molecular weight excluding hydrogens is 260 g/mol. The predicted molar refractivity (Wildman–Crippen MR) is 83.9 cm³/mol. The Bertz CT molecular complexity index is 480. The third kappa shape index (κ3) is 1.65.